The van der Waals surface area contributed by atoms with Gasteiger partial charge < -0.3 is 9.15 Å². The third-order valence-electron chi connectivity index (χ3n) is 3.60. The Morgan fingerprint density at radius 1 is 1.27 bits per heavy atom. The molecule has 0 saturated carbocycles. The zero-order chi connectivity index (χ0) is 18.7. The van der Waals surface area contributed by atoms with Crippen LogP contribution in [0, 0.1) is 18.6 Å². The molecule has 0 fully saturated rings. The standard InChI is InChI=1S/C19H16F2N2O3/c1-12-9-17(23(2)22-12)18(24)7-6-14-4-5-15(26-14)11-25-19-8-3-13(20)10-16(19)21/h3-10H,11H2,1-2H3/b7-6+. The summed E-state index contributed by atoms with van der Waals surface area (Å²) < 4.78 is 38.7. The fourth-order valence-electron chi connectivity index (χ4n) is 2.39. The molecule has 2 aromatic heterocycles. The molecule has 3 aromatic rings. The molecule has 0 unspecified atom stereocenters. The lowest BCUT2D eigenvalue weighted by Crippen LogP contribution is -2.03. The maximum atomic E-state index is 13.5. The Balaban J connectivity index is 1.62. The number of benzene rings is 1. The molecule has 2 heterocycles. The highest BCUT2D eigenvalue weighted by molar-refractivity contribution is 6.05. The summed E-state index contributed by atoms with van der Waals surface area (Å²) in [6.07, 6.45) is 2.92. The number of aryl methyl sites for hydroxylation is 2. The van der Waals surface area contributed by atoms with E-state index < -0.39 is 11.6 Å². The summed E-state index contributed by atoms with van der Waals surface area (Å²) in [5.41, 5.74) is 1.23. The van der Waals surface area contributed by atoms with Crippen LogP contribution >= 0.6 is 0 Å². The van der Waals surface area contributed by atoms with Crippen LogP contribution in [-0.4, -0.2) is 15.6 Å². The summed E-state index contributed by atoms with van der Waals surface area (Å²) in [5, 5.41) is 4.12. The molecular formula is C19H16F2N2O3. The number of ether oxygens (including phenoxy) is 1. The van der Waals surface area contributed by atoms with Crippen molar-refractivity contribution in [1.82, 2.24) is 9.78 Å². The van der Waals surface area contributed by atoms with E-state index in [2.05, 4.69) is 5.10 Å². The van der Waals surface area contributed by atoms with Crippen LogP contribution in [0.3, 0.4) is 0 Å². The van der Waals surface area contributed by atoms with E-state index in [0.29, 0.717) is 17.2 Å². The molecule has 0 atom stereocenters. The summed E-state index contributed by atoms with van der Waals surface area (Å²) >= 11 is 0. The monoisotopic (exact) mass is 358 g/mol. The van der Waals surface area contributed by atoms with Gasteiger partial charge in [-0.3, -0.25) is 9.48 Å². The van der Waals surface area contributed by atoms with Gasteiger partial charge in [-0.2, -0.15) is 5.10 Å². The van der Waals surface area contributed by atoms with E-state index in [0.717, 1.165) is 17.8 Å². The molecule has 5 nitrogen and oxygen atoms in total. The van der Waals surface area contributed by atoms with Crippen LogP contribution in [0.5, 0.6) is 5.75 Å². The van der Waals surface area contributed by atoms with Gasteiger partial charge >= 0.3 is 0 Å². The summed E-state index contributed by atoms with van der Waals surface area (Å²) in [7, 11) is 1.70. The van der Waals surface area contributed by atoms with E-state index in [1.165, 1.54) is 22.9 Å². The minimum atomic E-state index is -0.784. The van der Waals surface area contributed by atoms with Crippen LogP contribution in [0.25, 0.3) is 6.08 Å². The molecule has 1 aromatic carbocycles. The normalized spacial score (nSPS) is 11.2. The predicted molar refractivity (Wildman–Crippen MR) is 90.7 cm³/mol. The summed E-state index contributed by atoms with van der Waals surface area (Å²) in [6.45, 7) is 1.79. The van der Waals surface area contributed by atoms with Crippen LogP contribution < -0.4 is 4.74 Å². The van der Waals surface area contributed by atoms with Crippen molar-refractivity contribution in [2.75, 3.05) is 0 Å². The van der Waals surface area contributed by atoms with Crippen molar-refractivity contribution in [3.63, 3.8) is 0 Å². The smallest absolute Gasteiger partial charge is 0.203 e. The Bertz CT molecular complexity index is 973. The van der Waals surface area contributed by atoms with E-state index in [-0.39, 0.29) is 18.1 Å². The molecule has 0 aliphatic heterocycles. The second kappa shape index (κ2) is 7.35. The number of aromatic nitrogens is 2. The molecule has 7 heteroatoms. The highest BCUT2D eigenvalue weighted by atomic mass is 19.1. The number of allylic oxidation sites excluding steroid dienone is 1. The highest BCUT2D eigenvalue weighted by Crippen LogP contribution is 2.20. The first-order valence-electron chi connectivity index (χ1n) is 7.82. The zero-order valence-corrected chi connectivity index (χ0v) is 14.2. The van der Waals surface area contributed by atoms with Gasteiger partial charge in [0.1, 0.15) is 29.6 Å². The first-order chi connectivity index (χ1) is 12.4. The molecular weight excluding hydrogens is 342 g/mol. The molecule has 26 heavy (non-hydrogen) atoms. The van der Waals surface area contributed by atoms with Gasteiger partial charge in [-0.25, -0.2) is 8.78 Å². The number of carbonyl (C=O) groups excluding carboxylic acids is 1. The summed E-state index contributed by atoms with van der Waals surface area (Å²) in [4.78, 5) is 12.1. The zero-order valence-electron chi connectivity index (χ0n) is 14.2. The second-order valence-electron chi connectivity index (χ2n) is 5.66. The molecule has 134 valence electrons. The quantitative estimate of drug-likeness (QED) is 0.492. The molecule has 0 aliphatic carbocycles. The van der Waals surface area contributed by atoms with Crippen LogP contribution in [0.2, 0.25) is 0 Å². The minimum absolute atomic E-state index is 0.0226. The van der Waals surface area contributed by atoms with Gasteiger partial charge in [-0.1, -0.05) is 0 Å². The van der Waals surface area contributed by atoms with Gasteiger partial charge in [-0.15, -0.1) is 0 Å². The first kappa shape index (κ1) is 17.6. The van der Waals surface area contributed by atoms with Gasteiger partial charge in [0.25, 0.3) is 0 Å². The average molecular weight is 358 g/mol. The Morgan fingerprint density at radius 3 is 2.77 bits per heavy atom. The lowest BCUT2D eigenvalue weighted by Gasteiger charge is -2.05. The second-order valence-corrected chi connectivity index (χ2v) is 5.66. The maximum absolute atomic E-state index is 13.5. The molecule has 3 rings (SSSR count). The van der Waals surface area contributed by atoms with E-state index in [9.17, 15) is 13.6 Å². The van der Waals surface area contributed by atoms with Crippen LogP contribution in [-0.2, 0) is 13.7 Å². The number of furan rings is 1. The predicted octanol–water partition coefficient (Wildman–Crippen LogP) is 4.07. The number of hydrogen-bond donors (Lipinski definition) is 0. The Kier molecular flexibility index (Phi) is 4.97. The highest BCUT2D eigenvalue weighted by Gasteiger charge is 2.10. The lowest BCUT2D eigenvalue weighted by molar-refractivity contribution is 0.103. The number of ketones is 1. The van der Waals surface area contributed by atoms with Gasteiger partial charge in [0.15, 0.2) is 11.6 Å². The SMILES string of the molecule is Cc1cc(C(=O)/C=C/c2ccc(COc3ccc(F)cc3F)o2)n(C)n1. The average Bonchev–Trinajstić information content (AvgIpc) is 3.18. The van der Waals surface area contributed by atoms with Crippen molar-refractivity contribution in [2.45, 2.75) is 13.5 Å². The maximum Gasteiger partial charge on any atom is 0.203 e. The largest absolute Gasteiger partial charge is 0.483 e. The molecule has 0 bridgehead atoms. The fraction of sp³-hybridized carbons (Fsp3) is 0.158. The number of rotatable bonds is 6. The minimum Gasteiger partial charge on any atom is -0.483 e. The topological polar surface area (TPSA) is 57.3 Å². The third kappa shape index (κ3) is 4.05. The molecule has 0 aliphatic rings. The van der Waals surface area contributed by atoms with Crippen LogP contribution in [0.1, 0.15) is 27.7 Å². The van der Waals surface area contributed by atoms with Crippen molar-refractivity contribution >= 4 is 11.9 Å². The van der Waals surface area contributed by atoms with Crippen molar-refractivity contribution < 1.29 is 22.7 Å². The van der Waals surface area contributed by atoms with Crippen LogP contribution in [0.15, 0.2) is 46.9 Å². The summed E-state index contributed by atoms with van der Waals surface area (Å²) in [5.74, 6) is -0.827. The lowest BCUT2D eigenvalue weighted by atomic mass is 10.2. The van der Waals surface area contributed by atoms with Gasteiger partial charge in [-0.05, 0) is 49.4 Å². The van der Waals surface area contributed by atoms with Crippen molar-refractivity contribution in [3.8, 4) is 5.75 Å². The van der Waals surface area contributed by atoms with Crippen molar-refractivity contribution in [3.05, 3.63) is 77.0 Å². The molecule has 0 amide bonds. The molecule has 0 radical (unpaired) electrons. The molecule has 0 spiro atoms. The van der Waals surface area contributed by atoms with E-state index in [1.807, 2.05) is 6.92 Å². The number of nitrogens with zero attached hydrogens (tertiary/aromatic N) is 2. The molecule has 0 saturated heterocycles. The fourth-order valence-corrected chi connectivity index (χ4v) is 2.39. The van der Waals surface area contributed by atoms with Gasteiger partial charge in [0, 0.05) is 13.1 Å². The van der Waals surface area contributed by atoms with Crippen molar-refractivity contribution in [1.29, 1.82) is 0 Å². The first-order valence-corrected chi connectivity index (χ1v) is 7.82. The van der Waals surface area contributed by atoms with Gasteiger partial charge in [0.2, 0.25) is 5.78 Å². The van der Waals surface area contributed by atoms with Crippen LogP contribution in [0.4, 0.5) is 8.78 Å². The van der Waals surface area contributed by atoms with Gasteiger partial charge in [0.05, 0.1) is 5.69 Å². The number of carbonyl (C=O) groups is 1. The number of halogens is 2. The number of hydrogen-bond acceptors (Lipinski definition) is 4. The molecule has 0 N–H and O–H groups in total. The van der Waals surface area contributed by atoms with E-state index >= 15 is 0 Å². The summed E-state index contributed by atoms with van der Waals surface area (Å²) in [6, 6.07) is 8.09. The van der Waals surface area contributed by atoms with E-state index in [1.54, 1.807) is 25.2 Å². The third-order valence-corrected chi connectivity index (χ3v) is 3.60. The Morgan fingerprint density at radius 2 is 2.08 bits per heavy atom. The van der Waals surface area contributed by atoms with Crippen molar-refractivity contribution in [2.24, 2.45) is 7.05 Å². The Labute approximate surface area is 148 Å². The Hall–Kier alpha value is -3.22. The van der Waals surface area contributed by atoms with E-state index in [4.69, 9.17) is 9.15 Å².